The molecule has 0 spiro atoms. The number of nitrogens with zero attached hydrogens (tertiary/aromatic N) is 5. The van der Waals surface area contributed by atoms with Crippen LogP contribution in [0.25, 0.3) is 0 Å². The van der Waals surface area contributed by atoms with Crippen LogP contribution in [0.5, 0.6) is 0 Å². The van der Waals surface area contributed by atoms with Crippen molar-refractivity contribution in [2.75, 3.05) is 54.4 Å². The number of hydrogen-bond acceptors (Lipinski definition) is 7. The number of piperazine rings is 1. The lowest BCUT2D eigenvalue weighted by Crippen LogP contribution is -2.56. The van der Waals surface area contributed by atoms with E-state index in [4.69, 9.17) is 0 Å². The molecular formula is C33H38N6O2S. The average molecular weight is 583 g/mol. The molecule has 3 aromatic carbocycles. The highest BCUT2D eigenvalue weighted by Gasteiger charge is 2.32. The normalized spacial score (nSPS) is 17.2. The third-order valence-corrected chi connectivity index (χ3v) is 8.34. The smallest absolute Gasteiger partial charge is 0.254 e. The first kappa shape index (κ1) is 30.8. The molecule has 2 aliphatic heterocycles. The first-order valence-electron chi connectivity index (χ1n) is 14.2. The number of nitrogens with one attached hydrogen (secondary N) is 1. The van der Waals surface area contributed by atoms with E-state index in [1.54, 1.807) is 6.07 Å². The molecule has 2 aliphatic rings. The number of aryl methyl sites for hydroxylation is 2. The maximum absolute atomic E-state index is 13.8. The lowest BCUT2D eigenvalue weighted by molar-refractivity contribution is 0.0698. The first-order valence-corrected chi connectivity index (χ1v) is 14.2. The summed E-state index contributed by atoms with van der Waals surface area (Å²) >= 11 is 0. The second kappa shape index (κ2) is 13.7. The monoisotopic (exact) mass is 582 g/mol. The van der Waals surface area contributed by atoms with Crippen LogP contribution in [0, 0.1) is 36.5 Å². The largest absolute Gasteiger partial charge is 0.394 e. The number of carbonyl (C=O) groups excluding carboxylic acids is 1. The maximum Gasteiger partial charge on any atom is 0.254 e. The highest BCUT2D eigenvalue weighted by Crippen LogP contribution is 2.29. The fourth-order valence-corrected chi connectivity index (χ4v) is 6.07. The molecule has 0 unspecified atom stereocenters. The quantitative estimate of drug-likeness (QED) is 0.439. The Bertz CT molecular complexity index is 1510. The number of aliphatic hydroxyl groups excluding tert-OH is 1. The van der Waals surface area contributed by atoms with E-state index in [9.17, 15) is 20.4 Å². The van der Waals surface area contributed by atoms with E-state index in [-0.39, 0.29) is 38.1 Å². The van der Waals surface area contributed by atoms with Crippen molar-refractivity contribution >= 4 is 36.5 Å². The predicted octanol–water partition coefficient (Wildman–Crippen LogP) is 4.56. The number of hydrogen-bond donors (Lipinski definition) is 2. The maximum atomic E-state index is 13.8. The molecule has 0 saturated carbocycles. The molecule has 0 aromatic heterocycles. The van der Waals surface area contributed by atoms with Crippen molar-refractivity contribution < 1.29 is 9.90 Å². The molecule has 0 bridgehead atoms. The summed E-state index contributed by atoms with van der Waals surface area (Å²) in [6.45, 7) is 7.07. The Morgan fingerprint density at radius 3 is 2.17 bits per heavy atom. The van der Waals surface area contributed by atoms with Crippen molar-refractivity contribution in [2.24, 2.45) is 0 Å². The molecule has 5 rings (SSSR count). The van der Waals surface area contributed by atoms with E-state index < -0.39 is 0 Å². The van der Waals surface area contributed by atoms with Gasteiger partial charge >= 0.3 is 0 Å². The van der Waals surface area contributed by atoms with Gasteiger partial charge in [0.15, 0.2) is 0 Å². The molecule has 9 heteroatoms. The predicted molar refractivity (Wildman–Crippen MR) is 172 cm³/mol. The third-order valence-electron chi connectivity index (χ3n) is 8.34. The van der Waals surface area contributed by atoms with Crippen LogP contribution in [0.1, 0.15) is 45.5 Å². The molecule has 2 fully saturated rings. The summed E-state index contributed by atoms with van der Waals surface area (Å²) in [7, 11) is 0. The van der Waals surface area contributed by atoms with Gasteiger partial charge < -0.3 is 25.1 Å². The molecule has 3 aromatic rings. The number of carbonyl (C=O) groups is 1. The summed E-state index contributed by atoms with van der Waals surface area (Å²) in [6, 6.07) is 23.7. The number of rotatable bonds is 6. The minimum absolute atomic E-state index is 0. The van der Waals surface area contributed by atoms with Gasteiger partial charge in [-0.25, -0.2) is 0 Å². The molecule has 218 valence electrons. The van der Waals surface area contributed by atoms with Crippen LogP contribution < -0.4 is 15.1 Å². The van der Waals surface area contributed by atoms with E-state index in [2.05, 4.69) is 35.3 Å². The van der Waals surface area contributed by atoms with Crippen LogP contribution in [0.3, 0.4) is 0 Å². The van der Waals surface area contributed by atoms with Gasteiger partial charge in [-0.2, -0.15) is 24.0 Å². The van der Waals surface area contributed by atoms with E-state index in [0.717, 1.165) is 54.1 Å². The van der Waals surface area contributed by atoms with Gasteiger partial charge in [0, 0.05) is 50.0 Å². The van der Waals surface area contributed by atoms with Crippen molar-refractivity contribution in [2.45, 2.75) is 38.8 Å². The van der Waals surface area contributed by atoms with Gasteiger partial charge in [0.2, 0.25) is 0 Å². The number of para-hydroxylation sites is 2. The molecular weight excluding hydrogens is 544 g/mol. The van der Waals surface area contributed by atoms with Crippen LogP contribution in [0.4, 0.5) is 17.1 Å². The third kappa shape index (κ3) is 6.33. The number of aliphatic hydroxyl groups is 1. The minimum Gasteiger partial charge on any atom is -0.394 e. The Morgan fingerprint density at radius 1 is 0.905 bits per heavy atom. The standard InChI is InChI=1S/C33H36N6O2.H2S/c1-23-17-24(2)30(36-27-11-13-37(14-12-27)31-9-5-3-7-25(31)19-34)18-29(23)33(41)38-15-16-39(28(21-38)22-40)32-10-6-4-8-26(32)20-35;/h3-10,17-18,27-28,36,40H,11-16,21-22H2,1-2H3;1H2/t28-;/m0./s1. The van der Waals surface area contributed by atoms with Crippen LogP contribution >= 0.6 is 13.5 Å². The van der Waals surface area contributed by atoms with Crippen LogP contribution in [0.15, 0.2) is 60.7 Å². The number of anilines is 3. The van der Waals surface area contributed by atoms with Gasteiger partial charge in [0.05, 0.1) is 35.2 Å². The topological polar surface area (TPSA) is 107 Å². The number of nitriles is 2. The zero-order valence-electron chi connectivity index (χ0n) is 24.2. The molecule has 1 amide bonds. The Hall–Kier alpha value is -4.18. The van der Waals surface area contributed by atoms with Crippen molar-refractivity contribution in [1.29, 1.82) is 10.5 Å². The zero-order chi connectivity index (χ0) is 28.9. The summed E-state index contributed by atoms with van der Waals surface area (Å²) in [6.07, 6.45) is 1.86. The lowest BCUT2D eigenvalue weighted by Gasteiger charge is -2.42. The van der Waals surface area contributed by atoms with Gasteiger partial charge in [-0.1, -0.05) is 30.3 Å². The summed E-state index contributed by atoms with van der Waals surface area (Å²) in [5, 5.41) is 32.9. The van der Waals surface area contributed by atoms with Gasteiger partial charge in [-0.3, -0.25) is 4.79 Å². The van der Waals surface area contributed by atoms with Crippen LogP contribution in [-0.2, 0) is 0 Å². The van der Waals surface area contributed by atoms with Crippen LogP contribution in [-0.4, -0.2) is 67.3 Å². The Balaban J connectivity index is 0.00000405. The van der Waals surface area contributed by atoms with E-state index >= 15 is 0 Å². The van der Waals surface area contributed by atoms with E-state index in [1.807, 2.05) is 65.3 Å². The molecule has 2 heterocycles. The van der Waals surface area contributed by atoms with Crippen molar-refractivity contribution in [3.05, 3.63) is 88.5 Å². The Labute approximate surface area is 255 Å². The number of amides is 1. The molecule has 2 saturated heterocycles. The highest BCUT2D eigenvalue weighted by molar-refractivity contribution is 7.59. The van der Waals surface area contributed by atoms with Gasteiger partial charge in [-0.05, 0) is 68.1 Å². The lowest BCUT2D eigenvalue weighted by atomic mass is 9.99. The van der Waals surface area contributed by atoms with Crippen molar-refractivity contribution in [1.82, 2.24) is 4.90 Å². The molecule has 0 radical (unpaired) electrons. The van der Waals surface area contributed by atoms with E-state index in [0.29, 0.717) is 36.3 Å². The second-order valence-electron chi connectivity index (χ2n) is 10.9. The molecule has 2 N–H and O–H groups in total. The van der Waals surface area contributed by atoms with Crippen molar-refractivity contribution in [3.63, 3.8) is 0 Å². The molecule has 42 heavy (non-hydrogen) atoms. The Kier molecular flexibility index (Phi) is 10.0. The zero-order valence-corrected chi connectivity index (χ0v) is 25.2. The minimum atomic E-state index is -0.290. The van der Waals surface area contributed by atoms with Gasteiger partial charge in [0.1, 0.15) is 12.1 Å². The van der Waals surface area contributed by atoms with Crippen LogP contribution in [0.2, 0.25) is 0 Å². The highest BCUT2D eigenvalue weighted by atomic mass is 32.1. The summed E-state index contributed by atoms with van der Waals surface area (Å²) in [5.74, 6) is -0.0415. The second-order valence-corrected chi connectivity index (χ2v) is 10.9. The average Bonchev–Trinajstić information content (AvgIpc) is 3.02. The molecule has 0 aliphatic carbocycles. The van der Waals surface area contributed by atoms with Gasteiger partial charge in [0.25, 0.3) is 5.91 Å². The number of benzene rings is 3. The fraction of sp³-hybridized carbons (Fsp3) is 0.364. The number of piperidine rings is 1. The summed E-state index contributed by atoms with van der Waals surface area (Å²) in [4.78, 5) is 19.9. The fourth-order valence-electron chi connectivity index (χ4n) is 6.07. The SMILES string of the molecule is Cc1cc(C)c(C(=O)N2CCN(c3ccccc3C#N)[C@H](CO)C2)cc1NC1CCN(c2ccccc2C#N)CC1.S. The molecule has 8 nitrogen and oxygen atoms in total. The van der Waals surface area contributed by atoms with Gasteiger partial charge in [-0.15, -0.1) is 0 Å². The Morgan fingerprint density at radius 2 is 1.52 bits per heavy atom. The summed E-state index contributed by atoms with van der Waals surface area (Å²) < 4.78 is 0. The molecule has 1 atom stereocenters. The van der Waals surface area contributed by atoms with E-state index in [1.165, 1.54) is 0 Å². The first-order chi connectivity index (χ1) is 19.9. The van der Waals surface area contributed by atoms with Crippen molar-refractivity contribution in [3.8, 4) is 12.1 Å². The summed E-state index contributed by atoms with van der Waals surface area (Å²) in [5.41, 5.74) is 6.72.